The van der Waals surface area contributed by atoms with Crippen molar-refractivity contribution in [1.29, 1.82) is 0 Å². The number of urea groups is 1. The van der Waals surface area contributed by atoms with Crippen molar-refractivity contribution in [3.63, 3.8) is 0 Å². The van der Waals surface area contributed by atoms with Crippen LogP contribution in [0.2, 0.25) is 0 Å². The normalized spacial score (nSPS) is 22.2. The Hall–Kier alpha value is -2.24. The van der Waals surface area contributed by atoms with Gasteiger partial charge < -0.3 is 35.1 Å². The van der Waals surface area contributed by atoms with Crippen LogP contribution in [0.5, 0.6) is 0 Å². The molecule has 2 aliphatic heterocycles. The van der Waals surface area contributed by atoms with Gasteiger partial charge in [-0.15, -0.1) is 0 Å². The van der Waals surface area contributed by atoms with Crippen molar-refractivity contribution >= 4 is 23.6 Å². The Morgan fingerprint density at radius 3 is 2.25 bits per heavy atom. The van der Waals surface area contributed by atoms with E-state index in [1.807, 2.05) is 6.92 Å². The van der Waals surface area contributed by atoms with Crippen molar-refractivity contribution in [2.45, 2.75) is 89.0 Å². The zero-order valence-corrected chi connectivity index (χ0v) is 21.7. The molecule has 36 heavy (non-hydrogen) atoms. The van der Waals surface area contributed by atoms with Crippen molar-refractivity contribution in [3.8, 4) is 0 Å². The lowest BCUT2D eigenvalue weighted by atomic mass is 9.80. The first-order valence-corrected chi connectivity index (χ1v) is 13.3. The highest BCUT2D eigenvalue weighted by Crippen LogP contribution is 2.29. The lowest BCUT2D eigenvalue weighted by molar-refractivity contribution is -0.251. The molecule has 3 rings (SSSR count). The fraction of sp³-hybridized carbons (Fsp3) is 0.840. The average molecular weight is 511 g/mol. The Bertz CT molecular complexity index is 772. The van der Waals surface area contributed by atoms with Gasteiger partial charge in [-0.25, -0.2) is 4.79 Å². The summed E-state index contributed by atoms with van der Waals surface area (Å²) in [6, 6.07) is -1.28. The van der Waals surface area contributed by atoms with Crippen LogP contribution in [0.1, 0.15) is 71.6 Å². The maximum Gasteiger partial charge on any atom is 0.318 e. The number of carbonyl (C=O) groups is 4. The predicted molar refractivity (Wildman–Crippen MR) is 131 cm³/mol. The van der Waals surface area contributed by atoms with E-state index < -0.39 is 35.0 Å². The second-order valence-electron chi connectivity index (χ2n) is 10.1. The summed E-state index contributed by atoms with van der Waals surface area (Å²) >= 11 is 0. The first-order valence-electron chi connectivity index (χ1n) is 13.3. The number of nitrogens with zero attached hydrogens (tertiary/aromatic N) is 1. The van der Waals surface area contributed by atoms with Crippen LogP contribution in [0.15, 0.2) is 0 Å². The minimum absolute atomic E-state index is 0.0333. The number of rotatable bonds is 10. The fourth-order valence-corrected chi connectivity index (χ4v) is 4.85. The largest absolute Gasteiger partial charge is 0.378 e. The van der Waals surface area contributed by atoms with Crippen molar-refractivity contribution in [2.75, 3.05) is 46.1 Å². The van der Waals surface area contributed by atoms with Gasteiger partial charge in [0.1, 0.15) is 5.54 Å². The van der Waals surface area contributed by atoms with E-state index in [2.05, 4.69) is 16.0 Å². The molecule has 3 aliphatic rings. The van der Waals surface area contributed by atoms with Gasteiger partial charge in [0.15, 0.2) is 5.79 Å². The Balaban J connectivity index is 1.66. The number of ketones is 1. The molecule has 0 radical (unpaired) electrons. The topological polar surface area (TPSA) is 135 Å². The van der Waals surface area contributed by atoms with Gasteiger partial charge in [0.2, 0.25) is 11.7 Å². The maximum atomic E-state index is 13.6. The molecular formula is C25H42N4O7. The highest BCUT2D eigenvalue weighted by atomic mass is 16.7. The highest BCUT2D eigenvalue weighted by Gasteiger charge is 2.43. The molecule has 0 bridgehead atoms. The summed E-state index contributed by atoms with van der Waals surface area (Å²) in [4.78, 5) is 54.1. The molecule has 0 aromatic carbocycles. The zero-order valence-electron chi connectivity index (χ0n) is 21.7. The van der Waals surface area contributed by atoms with Crippen molar-refractivity contribution in [1.82, 2.24) is 20.9 Å². The molecule has 0 aromatic rings. The molecule has 1 aliphatic carbocycles. The van der Waals surface area contributed by atoms with Crippen molar-refractivity contribution in [3.05, 3.63) is 0 Å². The summed E-state index contributed by atoms with van der Waals surface area (Å²) in [5.41, 5.74) is -1.11. The Morgan fingerprint density at radius 2 is 1.61 bits per heavy atom. The minimum Gasteiger partial charge on any atom is -0.378 e. The Morgan fingerprint density at radius 1 is 0.944 bits per heavy atom. The van der Waals surface area contributed by atoms with Gasteiger partial charge in [-0.3, -0.25) is 14.4 Å². The third-order valence-electron chi connectivity index (χ3n) is 7.15. The lowest BCUT2D eigenvalue weighted by Gasteiger charge is -2.39. The van der Waals surface area contributed by atoms with Gasteiger partial charge in [-0.05, 0) is 32.6 Å². The van der Waals surface area contributed by atoms with Crippen LogP contribution in [0, 0.1) is 0 Å². The number of hydrogen-bond donors (Lipinski definition) is 3. The molecule has 0 aromatic heterocycles. The van der Waals surface area contributed by atoms with Gasteiger partial charge in [0.25, 0.3) is 5.91 Å². The van der Waals surface area contributed by atoms with E-state index in [-0.39, 0.29) is 12.6 Å². The van der Waals surface area contributed by atoms with E-state index in [4.69, 9.17) is 14.2 Å². The van der Waals surface area contributed by atoms with E-state index in [0.717, 1.165) is 32.1 Å². The van der Waals surface area contributed by atoms with E-state index in [1.165, 1.54) is 0 Å². The zero-order chi connectivity index (χ0) is 26.0. The molecule has 11 heteroatoms. The second kappa shape index (κ2) is 13.3. The number of ether oxygens (including phenoxy) is 3. The van der Waals surface area contributed by atoms with E-state index in [0.29, 0.717) is 65.2 Å². The molecular weight excluding hydrogens is 468 g/mol. The third kappa shape index (κ3) is 7.63. The number of carbonyl (C=O) groups excluding carboxylic acids is 4. The molecule has 0 spiro atoms. The highest BCUT2D eigenvalue weighted by molar-refractivity contribution is 6.38. The molecule has 2 heterocycles. The predicted octanol–water partition coefficient (Wildman–Crippen LogP) is 1.24. The van der Waals surface area contributed by atoms with Crippen LogP contribution in [0.3, 0.4) is 0 Å². The second-order valence-corrected chi connectivity index (χ2v) is 10.1. The van der Waals surface area contributed by atoms with E-state index in [1.54, 1.807) is 11.8 Å². The first kappa shape index (κ1) is 28.3. The van der Waals surface area contributed by atoms with Crippen LogP contribution in [-0.4, -0.2) is 92.0 Å². The van der Waals surface area contributed by atoms with Crippen LogP contribution in [0.25, 0.3) is 0 Å². The summed E-state index contributed by atoms with van der Waals surface area (Å²) in [5, 5.41) is 8.42. The summed E-state index contributed by atoms with van der Waals surface area (Å²) in [7, 11) is 0. The van der Waals surface area contributed by atoms with Crippen LogP contribution in [0.4, 0.5) is 4.79 Å². The molecule has 4 amide bonds. The first-order chi connectivity index (χ1) is 17.3. The van der Waals surface area contributed by atoms with Crippen molar-refractivity contribution in [2.24, 2.45) is 0 Å². The number of amides is 4. The number of morpholine rings is 1. The average Bonchev–Trinajstić information content (AvgIpc) is 2.90. The maximum absolute atomic E-state index is 13.6. The fourth-order valence-electron chi connectivity index (χ4n) is 4.85. The van der Waals surface area contributed by atoms with Gasteiger partial charge in [-0.1, -0.05) is 39.0 Å². The van der Waals surface area contributed by atoms with Crippen molar-refractivity contribution < 1.29 is 33.4 Å². The van der Waals surface area contributed by atoms with Crippen LogP contribution < -0.4 is 16.0 Å². The molecule has 1 atom stereocenters. The minimum atomic E-state index is -1.11. The molecule has 0 unspecified atom stereocenters. The standard InChI is InChI=1S/C25H42N4O7/c1-3-4-9-19(20(30)21(31)26-18-24(2)35-14-8-15-36-24)27-22(32)25(10-6-5-7-11-25)28-23(33)29-12-16-34-17-13-29/h19H,3-18H2,1-2H3,(H,26,31)(H,27,32)(H,28,33)/t19-/m0/s1. The Kier molecular flexibility index (Phi) is 10.5. The monoisotopic (exact) mass is 510 g/mol. The third-order valence-corrected chi connectivity index (χ3v) is 7.15. The molecule has 3 N–H and O–H groups in total. The number of nitrogens with one attached hydrogen (secondary N) is 3. The van der Waals surface area contributed by atoms with Crippen LogP contribution in [-0.2, 0) is 28.6 Å². The summed E-state index contributed by atoms with van der Waals surface area (Å²) in [5.74, 6) is -2.88. The summed E-state index contributed by atoms with van der Waals surface area (Å²) in [6.45, 7) is 6.63. The van der Waals surface area contributed by atoms with Gasteiger partial charge >= 0.3 is 6.03 Å². The van der Waals surface area contributed by atoms with Gasteiger partial charge in [0.05, 0.1) is 39.0 Å². The van der Waals surface area contributed by atoms with Gasteiger partial charge in [0, 0.05) is 13.1 Å². The molecule has 1 saturated carbocycles. The molecule has 3 fully saturated rings. The number of Topliss-reactive ketones (excluding diaryl/α,β-unsaturated/α-hetero) is 1. The SMILES string of the molecule is CCCC[C@H](NC(=O)C1(NC(=O)N2CCOCC2)CCCCC1)C(=O)C(=O)NCC1(C)OCCCO1. The summed E-state index contributed by atoms with van der Waals surface area (Å²) in [6.07, 6.45) is 6.13. The smallest absolute Gasteiger partial charge is 0.318 e. The molecule has 204 valence electrons. The number of unbranched alkanes of at least 4 members (excludes halogenated alkanes) is 1. The van der Waals surface area contributed by atoms with Gasteiger partial charge in [-0.2, -0.15) is 0 Å². The Labute approximate surface area is 213 Å². The summed E-state index contributed by atoms with van der Waals surface area (Å²) < 4.78 is 16.5. The quantitative estimate of drug-likeness (QED) is 0.376. The van der Waals surface area contributed by atoms with E-state index >= 15 is 0 Å². The number of hydrogen-bond acceptors (Lipinski definition) is 7. The van der Waals surface area contributed by atoms with Crippen LogP contribution >= 0.6 is 0 Å². The molecule has 2 saturated heterocycles. The molecule has 11 nitrogen and oxygen atoms in total. The van der Waals surface area contributed by atoms with E-state index in [9.17, 15) is 19.2 Å². The lowest BCUT2D eigenvalue weighted by Crippen LogP contribution is -2.64.